The number of nitrogens with zero attached hydrogens (tertiary/aromatic N) is 3. The first-order chi connectivity index (χ1) is 4.86. The van der Waals surface area contributed by atoms with Crippen molar-refractivity contribution in [1.82, 2.24) is 0 Å². The number of hydrogen-bond acceptors (Lipinski definition) is 6. The molecule has 11 heavy (non-hydrogen) atoms. The molecule has 0 aliphatic rings. The predicted molar refractivity (Wildman–Crippen MR) is 22.8 cm³/mol. The van der Waals surface area contributed by atoms with E-state index in [0.29, 0.717) is 0 Å². The molecule has 0 aliphatic heterocycles. The summed E-state index contributed by atoms with van der Waals surface area (Å²) in [5.74, 6) is 0. The topological polar surface area (TPSA) is 150 Å². The first kappa shape index (κ1) is 12.4. The zero-order valence-electron chi connectivity index (χ0n) is 4.55. The molecule has 0 aromatic carbocycles. The van der Waals surface area contributed by atoms with Gasteiger partial charge >= 0.3 is 46.3 Å². The minimum absolute atomic E-state index is 0.889. The Bertz CT molecular complexity index is 147. The molecular formula is HN3O7Pt. The van der Waals surface area contributed by atoms with Gasteiger partial charge in [-0.25, -0.2) is 0 Å². The van der Waals surface area contributed by atoms with Crippen molar-refractivity contribution >= 4 is 0 Å². The Hall–Kier alpha value is -1.31. The van der Waals surface area contributed by atoms with E-state index in [1.54, 1.807) is 0 Å². The van der Waals surface area contributed by atoms with Gasteiger partial charge in [-0.15, -0.1) is 10.1 Å². The molecule has 0 saturated carbocycles. The van der Waals surface area contributed by atoms with Gasteiger partial charge in [0, 0.05) is 0 Å². The van der Waals surface area contributed by atoms with Gasteiger partial charge in [0.15, 0.2) is 0 Å². The minimum atomic E-state index is -2.06. The van der Waals surface area contributed by atoms with E-state index in [1.807, 2.05) is 0 Å². The van der Waals surface area contributed by atoms with E-state index in [0.717, 1.165) is 0 Å². The van der Waals surface area contributed by atoms with Crippen molar-refractivity contribution in [2.24, 2.45) is 0 Å². The normalized spacial score (nSPS) is 7.64. The standard InChI is InChI=1S/HNO3.2NO2.Pt/c2-1(3)4;2*2-1-3;/h(H,2,3,4);;;. The van der Waals surface area contributed by atoms with Gasteiger partial charge in [0.1, 0.15) is 0 Å². The SMILES string of the molecule is O=[N+]([O-])O.O=[N+]([O-])[Pt][N+](=O)[O-]. The average molecular weight is 350 g/mol. The summed E-state index contributed by atoms with van der Waals surface area (Å²) in [4.78, 5) is 26.8. The van der Waals surface area contributed by atoms with Crippen molar-refractivity contribution in [3.8, 4) is 0 Å². The van der Waals surface area contributed by atoms with E-state index < -0.39 is 31.1 Å². The molecule has 0 fully saturated rings. The van der Waals surface area contributed by atoms with E-state index in [4.69, 9.17) is 15.3 Å². The number of nitro groups is 2. The molecule has 68 valence electrons. The van der Waals surface area contributed by atoms with Crippen molar-refractivity contribution in [3.05, 3.63) is 30.3 Å². The van der Waals surface area contributed by atoms with Crippen molar-refractivity contribution in [1.29, 1.82) is 0 Å². The Morgan fingerprint density at radius 1 is 1.00 bits per heavy atom. The van der Waals surface area contributed by atoms with Crippen LogP contribution in [-0.4, -0.2) is 17.3 Å². The summed E-state index contributed by atoms with van der Waals surface area (Å²) >= 11 is -2.06. The summed E-state index contributed by atoms with van der Waals surface area (Å²) in [6, 6.07) is 0. The predicted octanol–water partition coefficient (Wildman–Crippen LogP) is -0.895. The quantitative estimate of drug-likeness (QED) is 0.501. The molecule has 0 unspecified atom stereocenters. The molecule has 10 nitrogen and oxygen atoms in total. The third kappa shape index (κ3) is 53.8. The molecule has 0 saturated heterocycles. The molecule has 1 N–H and O–H groups in total. The Morgan fingerprint density at radius 2 is 1.18 bits per heavy atom. The molecule has 0 atom stereocenters. The zero-order chi connectivity index (χ0) is 9.44. The van der Waals surface area contributed by atoms with Crippen LogP contribution in [0.5, 0.6) is 0 Å². The summed E-state index contributed by atoms with van der Waals surface area (Å²) in [5, 5.41) is 32.1. The fourth-order valence-electron chi connectivity index (χ4n) is 0.0422. The van der Waals surface area contributed by atoms with Gasteiger partial charge in [-0.2, -0.15) is 0 Å². The maximum atomic E-state index is 9.22. The summed E-state index contributed by atoms with van der Waals surface area (Å²) in [7, 11) is 0. The van der Waals surface area contributed by atoms with Gasteiger partial charge in [0.05, 0.1) is 0 Å². The van der Waals surface area contributed by atoms with E-state index in [9.17, 15) is 20.2 Å². The first-order valence-electron chi connectivity index (χ1n) is 1.58. The van der Waals surface area contributed by atoms with Crippen molar-refractivity contribution < 1.29 is 36.3 Å². The number of hydrogen-bond donors (Lipinski definition) is 1. The van der Waals surface area contributed by atoms with Crippen molar-refractivity contribution in [2.45, 2.75) is 0 Å². The molecule has 0 rings (SSSR count). The molecule has 0 amide bonds. The molecule has 0 aromatic rings. The molecular weight excluding hydrogens is 349 g/mol. The van der Waals surface area contributed by atoms with Crippen LogP contribution >= 0.6 is 0 Å². The van der Waals surface area contributed by atoms with Crippen molar-refractivity contribution in [3.63, 3.8) is 0 Å². The third-order valence-corrected chi connectivity index (χ3v) is 0.845. The fourth-order valence-corrected chi connectivity index (χ4v) is 0.345. The molecule has 11 heteroatoms. The van der Waals surface area contributed by atoms with Gasteiger partial charge in [0.2, 0.25) is 0 Å². The summed E-state index contributed by atoms with van der Waals surface area (Å²) in [5.41, 5.74) is 0. The van der Waals surface area contributed by atoms with Crippen molar-refractivity contribution in [2.75, 3.05) is 0 Å². The van der Waals surface area contributed by atoms with E-state index >= 15 is 0 Å². The van der Waals surface area contributed by atoms with Gasteiger partial charge in [-0.3, -0.25) is 0 Å². The van der Waals surface area contributed by atoms with Crippen LogP contribution in [0.3, 0.4) is 0 Å². The maximum absolute atomic E-state index is 9.22. The first-order valence-corrected chi connectivity index (χ1v) is 3.61. The Kier molecular flexibility index (Phi) is 7.65. The Morgan fingerprint density at radius 3 is 1.18 bits per heavy atom. The zero-order valence-corrected chi connectivity index (χ0v) is 6.83. The second-order valence-corrected chi connectivity index (χ2v) is 2.79. The Labute approximate surface area is 67.3 Å². The summed E-state index contributed by atoms with van der Waals surface area (Å²) in [6.07, 6.45) is 0. The van der Waals surface area contributed by atoms with Crippen LogP contribution in [0.15, 0.2) is 0 Å². The van der Waals surface area contributed by atoms with Crippen LogP contribution in [0.2, 0.25) is 0 Å². The fraction of sp³-hybridized carbons (Fsp3) is 0. The monoisotopic (exact) mass is 350 g/mol. The van der Waals surface area contributed by atoms with Crippen LogP contribution in [0.25, 0.3) is 0 Å². The molecule has 0 bridgehead atoms. The van der Waals surface area contributed by atoms with E-state index in [2.05, 4.69) is 0 Å². The molecule has 0 aliphatic carbocycles. The van der Waals surface area contributed by atoms with Crippen LogP contribution in [0.1, 0.15) is 0 Å². The van der Waals surface area contributed by atoms with Gasteiger partial charge < -0.3 is 5.21 Å². The van der Waals surface area contributed by atoms with Crippen LogP contribution in [0.4, 0.5) is 0 Å². The second kappa shape index (κ2) is 6.80. The van der Waals surface area contributed by atoms with Crippen LogP contribution < -0.4 is 0 Å². The second-order valence-electron chi connectivity index (χ2n) is 0.681. The summed E-state index contributed by atoms with van der Waals surface area (Å²) in [6.45, 7) is 0. The molecule has 0 heterocycles. The van der Waals surface area contributed by atoms with E-state index in [-0.39, 0.29) is 0 Å². The van der Waals surface area contributed by atoms with Crippen LogP contribution in [0, 0.1) is 30.3 Å². The molecule has 0 spiro atoms. The van der Waals surface area contributed by atoms with Gasteiger partial charge in [0.25, 0.3) is 5.09 Å². The van der Waals surface area contributed by atoms with E-state index in [1.165, 1.54) is 0 Å². The Balaban J connectivity index is 0. The van der Waals surface area contributed by atoms with Crippen LogP contribution in [-0.2, 0) is 19.1 Å². The third-order valence-electron chi connectivity index (χ3n) is 0.103. The summed E-state index contributed by atoms with van der Waals surface area (Å²) < 4.78 is -1.78. The number of rotatable bonds is 2. The van der Waals surface area contributed by atoms with Gasteiger partial charge in [-0.1, -0.05) is 0 Å². The molecule has 0 radical (unpaired) electrons. The average Bonchev–Trinajstić information content (AvgIpc) is 1.56. The van der Waals surface area contributed by atoms with Gasteiger partial charge in [-0.05, 0) is 0 Å². The molecule has 0 aromatic heterocycles.